The molecule has 20 heavy (non-hydrogen) atoms. The van der Waals surface area contributed by atoms with Gasteiger partial charge in [0, 0.05) is 29.7 Å². The topological polar surface area (TPSA) is 34.0 Å². The van der Waals surface area contributed by atoms with Crippen LogP contribution in [0.25, 0.3) is 10.9 Å². The summed E-state index contributed by atoms with van der Waals surface area (Å²) in [6.07, 6.45) is 6.20. The van der Waals surface area contributed by atoms with E-state index in [1.165, 1.54) is 0 Å². The van der Waals surface area contributed by atoms with E-state index < -0.39 is 0 Å². The summed E-state index contributed by atoms with van der Waals surface area (Å²) >= 11 is 0. The van der Waals surface area contributed by atoms with E-state index in [1.54, 1.807) is 0 Å². The Hall–Kier alpha value is -1.61. The fourth-order valence-electron chi connectivity index (χ4n) is 3.58. The highest BCUT2D eigenvalue weighted by Gasteiger charge is 2.41. The average molecular weight is 270 g/mol. The van der Waals surface area contributed by atoms with Gasteiger partial charge in [-0.15, -0.1) is 0 Å². The van der Waals surface area contributed by atoms with Crippen molar-refractivity contribution in [3.8, 4) is 0 Å². The minimum Gasteiger partial charge on any atom is -0.350 e. The average Bonchev–Trinajstić information content (AvgIpc) is 3.05. The smallest absolute Gasteiger partial charge is 0.184 e. The molecular weight excluding hydrogens is 248 g/mol. The lowest BCUT2D eigenvalue weighted by Gasteiger charge is -2.28. The molecule has 0 amide bonds. The molecule has 0 radical (unpaired) electrons. The predicted octanol–water partition coefficient (Wildman–Crippen LogP) is 3.28. The minimum absolute atomic E-state index is 0.272. The molecule has 3 rings (SSSR count). The first-order valence-electron chi connectivity index (χ1n) is 7.52. The van der Waals surface area contributed by atoms with E-state index in [9.17, 15) is 4.79 Å². The van der Waals surface area contributed by atoms with Crippen LogP contribution in [0.4, 0.5) is 0 Å². The standard InChI is InChI=1S/C17H22N2O/c1-3-18-17(10-6-7-11-17)16(20)14-12-19(2)15-9-5-4-8-13(14)15/h4-5,8-9,12,18H,3,6-7,10-11H2,1-2H3. The zero-order chi connectivity index (χ0) is 14.2. The van der Waals surface area contributed by atoms with Crippen molar-refractivity contribution in [2.24, 2.45) is 7.05 Å². The van der Waals surface area contributed by atoms with Gasteiger partial charge in [-0.3, -0.25) is 4.79 Å². The molecule has 2 aromatic rings. The zero-order valence-corrected chi connectivity index (χ0v) is 12.3. The molecule has 0 spiro atoms. The van der Waals surface area contributed by atoms with E-state index in [-0.39, 0.29) is 11.3 Å². The largest absolute Gasteiger partial charge is 0.350 e. The van der Waals surface area contributed by atoms with Crippen molar-refractivity contribution in [3.05, 3.63) is 36.0 Å². The minimum atomic E-state index is -0.334. The third-order valence-electron chi connectivity index (χ3n) is 4.55. The third-order valence-corrected chi connectivity index (χ3v) is 4.55. The number of Topliss-reactive ketones (excluding diaryl/α,β-unsaturated/α-hetero) is 1. The van der Waals surface area contributed by atoms with Crippen LogP contribution in [-0.2, 0) is 7.05 Å². The summed E-state index contributed by atoms with van der Waals surface area (Å²) in [5.74, 6) is 0.272. The molecule has 1 N–H and O–H groups in total. The van der Waals surface area contributed by atoms with Crippen molar-refractivity contribution >= 4 is 16.7 Å². The number of para-hydroxylation sites is 1. The number of hydrogen-bond acceptors (Lipinski definition) is 2. The van der Waals surface area contributed by atoms with Gasteiger partial charge in [-0.2, -0.15) is 0 Å². The summed E-state index contributed by atoms with van der Waals surface area (Å²) in [6, 6.07) is 8.15. The Kier molecular flexibility index (Phi) is 3.38. The molecule has 1 aromatic heterocycles. The molecule has 0 bridgehead atoms. The van der Waals surface area contributed by atoms with E-state index in [1.807, 2.05) is 25.4 Å². The van der Waals surface area contributed by atoms with Crippen molar-refractivity contribution in [2.75, 3.05) is 6.54 Å². The van der Waals surface area contributed by atoms with Crippen molar-refractivity contribution in [1.82, 2.24) is 9.88 Å². The molecule has 1 aliphatic carbocycles. The maximum absolute atomic E-state index is 13.1. The van der Waals surface area contributed by atoms with Crippen LogP contribution in [-0.4, -0.2) is 22.4 Å². The second kappa shape index (κ2) is 5.06. The van der Waals surface area contributed by atoms with Gasteiger partial charge in [-0.05, 0) is 25.5 Å². The van der Waals surface area contributed by atoms with Crippen molar-refractivity contribution in [2.45, 2.75) is 38.1 Å². The highest BCUT2D eigenvalue weighted by atomic mass is 16.1. The molecule has 3 nitrogen and oxygen atoms in total. The summed E-state index contributed by atoms with van der Waals surface area (Å²) < 4.78 is 2.05. The van der Waals surface area contributed by atoms with Gasteiger partial charge in [-0.25, -0.2) is 0 Å². The Morgan fingerprint density at radius 1 is 1.30 bits per heavy atom. The number of aromatic nitrogens is 1. The van der Waals surface area contributed by atoms with Crippen LogP contribution in [0, 0.1) is 0 Å². The highest BCUT2D eigenvalue weighted by molar-refractivity contribution is 6.12. The lowest BCUT2D eigenvalue weighted by Crippen LogP contribution is -2.49. The number of carbonyl (C=O) groups excluding carboxylic acids is 1. The number of nitrogens with zero attached hydrogens (tertiary/aromatic N) is 1. The number of nitrogens with one attached hydrogen (secondary N) is 1. The van der Waals surface area contributed by atoms with Gasteiger partial charge in [0.05, 0.1) is 5.54 Å². The van der Waals surface area contributed by atoms with Gasteiger partial charge < -0.3 is 9.88 Å². The highest BCUT2D eigenvalue weighted by Crippen LogP contribution is 2.35. The summed E-state index contributed by atoms with van der Waals surface area (Å²) in [6.45, 7) is 2.92. The summed E-state index contributed by atoms with van der Waals surface area (Å²) in [7, 11) is 2.01. The molecule has 1 aromatic carbocycles. The quantitative estimate of drug-likeness (QED) is 0.865. The lowest BCUT2D eigenvalue weighted by atomic mass is 9.87. The monoisotopic (exact) mass is 270 g/mol. The molecule has 1 aliphatic rings. The first-order valence-corrected chi connectivity index (χ1v) is 7.52. The normalized spacial score (nSPS) is 17.7. The molecule has 106 valence electrons. The van der Waals surface area contributed by atoms with Gasteiger partial charge in [-0.1, -0.05) is 38.0 Å². The number of rotatable bonds is 4. The van der Waals surface area contributed by atoms with E-state index in [0.29, 0.717) is 0 Å². The summed E-state index contributed by atoms with van der Waals surface area (Å²) in [5.41, 5.74) is 1.66. The number of likely N-dealkylation sites (N-methyl/N-ethyl adjacent to an activating group) is 1. The van der Waals surface area contributed by atoms with Crippen LogP contribution in [0.15, 0.2) is 30.5 Å². The third kappa shape index (κ3) is 1.97. The van der Waals surface area contributed by atoms with Crippen LogP contribution in [0.1, 0.15) is 43.0 Å². The van der Waals surface area contributed by atoms with Gasteiger partial charge >= 0.3 is 0 Å². The molecule has 0 aliphatic heterocycles. The van der Waals surface area contributed by atoms with Gasteiger partial charge in [0.15, 0.2) is 5.78 Å². The molecule has 0 unspecified atom stereocenters. The molecule has 0 atom stereocenters. The van der Waals surface area contributed by atoms with Crippen molar-refractivity contribution < 1.29 is 4.79 Å². The zero-order valence-electron chi connectivity index (χ0n) is 12.3. The number of benzene rings is 1. The Labute approximate surface area is 120 Å². The number of ketones is 1. The van der Waals surface area contributed by atoms with Crippen LogP contribution >= 0.6 is 0 Å². The van der Waals surface area contributed by atoms with Crippen LogP contribution in [0.5, 0.6) is 0 Å². The molecular formula is C17H22N2O. The SMILES string of the molecule is CCNC1(C(=O)c2cn(C)c3ccccc23)CCCC1. The van der Waals surface area contributed by atoms with Gasteiger partial charge in [0.2, 0.25) is 0 Å². The van der Waals surface area contributed by atoms with Crippen molar-refractivity contribution in [3.63, 3.8) is 0 Å². The van der Waals surface area contributed by atoms with E-state index in [2.05, 4.69) is 28.9 Å². The number of hydrogen-bond donors (Lipinski definition) is 1. The predicted molar refractivity (Wildman–Crippen MR) is 82.1 cm³/mol. The maximum atomic E-state index is 13.1. The maximum Gasteiger partial charge on any atom is 0.184 e. The molecule has 1 fully saturated rings. The van der Waals surface area contributed by atoms with E-state index in [4.69, 9.17) is 0 Å². The number of aryl methyl sites for hydroxylation is 1. The fourth-order valence-corrected chi connectivity index (χ4v) is 3.58. The number of carbonyl (C=O) groups is 1. The second-order valence-electron chi connectivity index (χ2n) is 5.82. The van der Waals surface area contributed by atoms with Gasteiger partial charge in [0.25, 0.3) is 0 Å². The Bertz CT molecular complexity index is 635. The van der Waals surface area contributed by atoms with Crippen molar-refractivity contribution in [1.29, 1.82) is 0 Å². The summed E-state index contributed by atoms with van der Waals surface area (Å²) in [5, 5.41) is 4.54. The Balaban J connectivity index is 2.08. The first kappa shape index (κ1) is 13.4. The second-order valence-corrected chi connectivity index (χ2v) is 5.82. The van der Waals surface area contributed by atoms with E-state index in [0.717, 1.165) is 48.7 Å². The molecule has 0 saturated heterocycles. The molecule has 1 saturated carbocycles. The molecule has 3 heteroatoms. The Morgan fingerprint density at radius 2 is 2.00 bits per heavy atom. The lowest BCUT2D eigenvalue weighted by molar-refractivity contribution is 0.0857. The molecule has 1 heterocycles. The van der Waals surface area contributed by atoms with Crippen LogP contribution < -0.4 is 5.32 Å². The fraction of sp³-hybridized carbons (Fsp3) is 0.471. The van der Waals surface area contributed by atoms with Crippen LogP contribution in [0.3, 0.4) is 0 Å². The van der Waals surface area contributed by atoms with Gasteiger partial charge in [0.1, 0.15) is 0 Å². The Morgan fingerprint density at radius 3 is 2.70 bits per heavy atom. The number of fused-ring (bicyclic) bond motifs is 1. The summed E-state index contributed by atoms with van der Waals surface area (Å²) in [4.78, 5) is 13.1. The van der Waals surface area contributed by atoms with E-state index >= 15 is 0 Å². The first-order chi connectivity index (χ1) is 9.68. The van der Waals surface area contributed by atoms with Crippen LogP contribution in [0.2, 0.25) is 0 Å².